The number of aliphatic imine (C=N–C) groups is 1. The molecular weight excluding hydrogens is 385 g/mol. The first kappa shape index (κ1) is 21.5. The van der Waals surface area contributed by atoms with Crippen LogP contribution in [0.5, 0.6) is 0 Å². The van der Waals surface area contributed by atoms with Crippen LogP contribution in [0.1, 0.15) is 51.5 Å². The third-order valence-electron chi connectivity index (χ3n) is 4.29. The molecule has 1 aliphatic heterocycles. The summed E-state index contributed by atoms with van der Waals surface area (Å²) in [5.41, 5.74) is 2.22. The zero-order valence-electron chi connectivity index (χ0n) is 17.5. The highest BCUT2D eigenvalue weighted by Crippen LogP contribution is 2.29. The van der Waals surface area contributed by atoms with Gasteiger partial charge in [0.15, 0.2) is 5.76 Å². The molecule has 0 aliphatic carbocycles. The molecule has 1 N–H and O–H groups in total. The van der Waals surface area contributed by atoms with Crippen LogP contribution in [0.4, 0.5) is 9.18 Å². The molecule has 6 nitrogen and oxygen atoms in total. The number of ether oxygens (including phenoxy) is 1. The molecule has 0 unspecified atom stereocenters. The normalized spacial score (nSPS) is 13.7. The molecule has 0 saturated carbocycles. The topological polar surface area (TPSA) is 76.7 Å². The number of hydrogen-bond donors (Lipinski definition) is 1. The Kier molecular flexibility index (Phi) is 6.50. The summed E-state index contributed by atoms with van der Waals surface area (Å²) in [6, 6.07) is 5.95. The summed E-state index contributed by atoms with van der Waals surface area (Å²) < 4.78 is 24.5. The van der Waals surface area contributed by atoms with E-state index in [0.717, 1.165) is 18.6 Å². The number of allylic oxidation sites excluding steroid dienone is 1. The second-order valence-corrected chi connectivity index (χ2v) is 7.99. The van der Waals surface area contributed by atoms with E-state index in [9.17, 15) is 9.18 Å². The smallest absolute Gasteiger partial charge is 0.407 e. The second-order valence-electron chi connectivity index (χ2n) is 7.99. The number of alkyl carbamates (subject to hydrolysis) is 1. The number of carbonyl (C=O) groups is 1. The van der Waals surface area contributed by atoms with E-state index in [2.05, 4.69) is 21.9 Å². The molecule has 1 aromatic heterocycles. The van der Waals surface area contributed by atoms with Gasteiger partial charge in [0.2, 0.25) is 5.89 Å². The number of nitrogens with zero attached hydrogens (tertiary/aromatic N) is 2. The Bertz CT molecular complexity index is 982. The lowest BCUT2D eigenvalue weighted by Gasteiger charge is -2.19. The zero-order valence-corrected chi connectivity index (χ0v) is 17.5. The lowest BCUT2D eigenvalue weighted by atomic mass is 10.0. The van der Waals surface area contributed by atoms with Gasteiger partial charge in [-0.05, 0) is 69.9 Å². The Morgan fingerprint density at radius 2 is 2.03 bits per heavy atom. The molecule has 2 aromatic rings. The van der Waals surface area contributed by atoms with Crippen molar-refractivity contribution in [2.45, 2.75) is 45.6 Å². The zero-order chi connectivity index (χ0) is 21.7. The number of benzene rings is 1. The maximum absolute atomic E-state index is 13.3. The second kappa shape index (κ2) is 9.07. The van der Waals surface area contributed by atoms with E-state index in [1.807, 2.05) is 26.8 Å². The molecule has 0 atom stereocenters. The molecule has 0 radical (unpaired) electrons. The standard InChI is InChI=1S/C23H26FN3O3/c1-15(12-14-26-22(28)30-23(2,3)4)20-19(18-7-5-6-13-25-18)27-21(29-20)16-8-10-17(24)11-9-16/h6,8-11,13H,1,5,7,12,14H2,2-4H3,(H,26,28). The molecule has 158 valence electrons. The fourth-order valence-electron chi connectivity index (χ4n) is 2.90. The van der Waals surface area contributed by atoms with E-state index < -0.39 is 11.7 Å². The molecule has 1 aromatic carbocycles. The van der Waals surface area contributed by atoms with Gasteiger partial charge in [-0.2, -0.15) is 0 Å². The van der Waals surface area contributed by atoms with E-state index in [1.54, 1.807) is 18.3 Å². The van der Waals surface area contributed by atoms with Gasteiger partial charge in [-0.3, -0.25) is 4.99 Å². The van der Waals surface area contributed by atoms with Crippen LogP contribution >= 0.6 is 0 Å². The van der Waals surface area contributed by atoms with Gasteiger partial charge in [0.1, 0.15) is 17.1 Å². The number of rotatable bonds is 6. The van der Waals surface area contributed by atoms with Crippen molar-refractivity contribution in [2.75, 3.05) is 6.54 Å². The van der Waals surface area contributed by atoms with Crippen LogP contribution in [-0.4, -0.2) is 28.9 Å². The van der Waals surface area contributed by atoms with Crippen molar-refractivity contribution in [3.8, 4) is 11.5 Å². The molecule has 0 saturated heterocycles. The first-order valence-corrected chi connectivity index (χ1v) is 9.87. The van der Waals surface area contributed by atoms with Crippen molar-refractivity contribution in [1.29, 1.82) is 0 Å². The quantitative estimate of drug-likeness (QED) is 0.680. The minimum atomic E-state index is -0.560. The number of amides is 1. The molecule has 0 bridgehead atoms. The van der Waals surface area contributed by atoms with Gasteiger partial charge >= 0.3 is 6.09 Å². The highest BCUT2D eigenvalue weighted by Gasteiger charge is 2.22. The minimum absolute atomic E-state index is 0.329. The summed E-state index contributed by atoms with van der Waals surface area (Å²) in [7, 11) is 0. The average Bonchev–Trinajstić information content (AvgIpc) is 3.13. The Hall–Kier alpha value is -3.22. The number of nitrogens with one attached hydrogen (secondary N) is 1. The fourth-order valence-corrected chi connectivity index (χ4v) is 2.90. The van der Waals surface area contributed by atoms with Crippen molar-refractivity contribution in [3.63, 3.8) is 0 Å². The van der Waals surface area contributed by atoms with Crippen molar-refractivity contribution < 1.29 is 18.3 Å². The highest BCUT2D eigenvalue weighted by molar-refractivity contribution is 6.03. The number of halogens is 1. The Labute approximate surface area is 175 Å². The SMILES string of the molecule is C=C(CCNC(=O)OC(C)(C)C)c1oc(-c2ccc(F)cc2)nc1C1=NC=CCC1. The van der Waals surface area contributed by atoms with Crippen molar-refractivity contribution in [2.24, 2.45) is 4.99 Å². The molecule has 0 fully saturated rings. The van der Waals surface area contributed by atoms with E-state index >= 15 is 0 Å². The van der Waals surface area contributed by atoms with E-state index in [-0.39, 0.29) is 5.82 Å². The van der Waals surface area contributed by atoms with E-state index in [1.165, 1.54) is 12.1 Å². The van der Waals surface area contributed by atoms with Crippen LogP contribution in [0.25, 0.3) is 17.0 Å². The summed E-state index contributed by atoms with van der Waals surface area (Å²) in [5, 5.41) is 2.72. The van der Waals surface area contributed by atoms with Crippen LogP contribution in [-0.2, 0) is 4.74 Å². The molecule has 0 spiro atoms. The van der Waals surface area contributed by atoms with Crippen molar-refractivity contribution in [1.82, 2.24) is 10.3 Å². The number of aromatic nitrogens is 1. The molecular formula is C23H26FN3O3. The van der Waals surface area contributed by atoms with Gasteiger partial charge in [-0.25, -0.2) is 14.2 Å². The third-order valence-corrected chi connectivity index (χ3v) is 4.29. The first-order chi connectivity index (χ1) is 14.2. The summed E-state index contributed by atoms with van der Waals surface area (Å²) >= 11 is 0. The molecule has 30 heavy (non-hydrogen) atoms. The van der Waals surface area contributed by atoms with Gasteiger partial charge in [0.25, 0.3) is 0 Å². The van der Waals surface area contributed by atoms with E-state index in [4.69, 9.17) is 9.15 Å². The minimum Gasteiger partial charge on any atom is -0.444 e. The maximum atomic E-state index is 13.3. The fraction of sp³-hybridized carbons (Fsp3) is 0.348. The summed E-state index contributed by atoms with van der Waals surface area (Å²) in [4.78, 5) is 20.9. The van der Waals surface area contributed by atoms with Crippen LogP contribution in [0.2, 0.25) is 0 Å². The summed E-state index contributed by atoms with van der Waals surface area (Å²) in [5.74, 6) is 0.568. The molecule has 7 heteroatoms. The molecule has 3 rings (SSSR count). The van der Waals surface area contributed by atoms with Gasteiger partial charge in [-0.15, -0.1) is 0 Å². The van der Waals surface area contributed by atoms with Crippen molar-refractivity contribution in [3.05, 3.63) is 60.4 Å². The van der Waals surface area contributed by atoms with Crippen molar-refractivity contribution >= 4 is 17.4 Å². The van der Waals surface area contributed by atoms with Crippen LogP contribution in [0.3, 0.4) is 0 Å². The molecule has 2 heterocycles. The average molecular weight is 411 g/mol. The van der Waals surface area contributed by atoms with Gasteiger partial charge < -0.3 is 14.5 Å². The van der Waals surface area contributed by atoms with Gasteiger partial charge in [-0.1, -0.05) is 12.7 Å². The third kappa shape index (κ3) is 5.65. The molecule has 1 amide bonds. The predicted octanol–water partition coefficient (Wildman–Crippen LogP) is 5.51. The monoisotopic (exact) mass is 411 g/mol. The predicted molar refractivity (Wildman–Crippen MR) is 115 cm³/mol. The number of oxazole rings is 1. The largest absolute Gasteiger partial charge is 0.444 e. The van der Waals surface area contributed by atoms with Gasteiger partial charge in [0, 0.05) is 18.3 Å². The highest BCUT2D eigenvalue weighted by atomic mass is 19.1. The Balaban J connectivity index is 1.78. The Morgan fingerprint density at radius 1 is 1.30 bits per heavy atom. The lowest BCUT2D eigenvalue weighted by Crippen LogP contribution is -2.33. The van der Waals surface area contributed by atoms with Gasteiger partial charge in [0.05, 0.1) is 5.71 Å². The Morgan fingerprint density at radius 3 is 2.67 bits per heavy atom. The van der Waals surface area contributed by atoms with E-state index in [0.29, 0.717) is 41.4 Å². The number of carbonyl (C=O) groups excluding carboxylic acids is 1. The maximum Gasteiger partial charge on any atom is 0.407 e. The first-order valence-electron chi connectivity index (χ1n) is 9.87. The van der Waals surface area contributed by atoms with Crippen LogP contribution in [0.15, 0.2) is 52.5 Å². The van der Waals surface area contributed by atoms with Crippen LogP contribution in [0, 0.1) is 5.82 Å². The van der Waals surface area contributed by atoms with Crippen LogP contribution < -0.4 is 5.32 Å². The number of hydrogen-bond acceptors (Lipinski definition) is 5. The molecule has 1 aliphatic rings. The summed E-state index contributed by atoms with van der Waals surface area (Å²) in [6.45, 7) is 9.88. The lowest BCUT2D eigenvalue weighted by molar-refractivity contribution is 0.0529. The summed E-state index contributed by atoms with van der Waals surface area (Å²) in [6.07, 6.45) is 5.31.